The Balaban J connectivity index is 2.49. The standard InChI is InChI=1S/C18H21NO5S/c1-4-24-18(20)13-19(15-6-5-7-16(12-15)23-3)25(21,22)17-10-8-14(2)9-11-17/h5-12H,4,13H2,1-3H3. The predicted molar refractivity (Wildman–Crippen MR) is 95.3 cm³/mol. The van der Waals surface area contributed by atoms with Gasteiger partial charge in [-0.05, 0) is 38.1 Å². The van der Waals surface area contributed by atoms with E-state index in [-0.39, 0.29) is 11.5 Å². The van der Waals surface area contributed by atoms with Gasteiger partial charge in [-0.1, -0.05) is 23.8 Å². The van der Waals surface area contributed by atoms with Crippen LogP contribution in [0.15, 0.2) is 53.4 Å². The van der Waals surface area contributed by atoms with Gasteiger partial charge in [0, 0.05) is 6.07 Å². The summed E-state index contributed by atoms with van der Waals surface area (Å²) in [5, 5.41) is 0. The Kier molecular flexibility index (Phi) is 6.03. The minimum Gasteiger partial charge on any atom is -0.497 e. The lowest BCUT2D eigenvalue weighted by molar-refractivity contribution is -0.141. The van der Waals surface area contributed by atoms with Crippen LogP contribution in [-0.2, 0) is 19.6 Å². The molecule has 6 nitrogen and oxygen atoms in total. The number of benzene rings is 2. The number of methoxy groups -OCH3 is 1. The Labute approximate surface area is 148 Å². The quantitative estimate of drug-likeness (QED) is 0.707. The van der Waals surface area contributed by atoms with Gasteiger partial charge in [-0.2, -0.15) is 0 Å². The van der Waals surface area contributed by atoms with Crippen molar-refractivity contribution in [2.75, 3.05) is 24.6 Å². The van der Waals surface area contributed by atoms with Crippen LogP contribution >= 0.6 is 0 Å². The number of aryl methyl sites for hydroxylation is 1. The summed E-state index contributed by atoms with van der Waals surface area (Å²) in [4.78, 5) is 12.1. The molecule has 2 aromatic carbocycles. The minimum atomic E-state index is -3.93. The number of nitrogens with zero attached hydrogens (tertiary/aromatic N) is 1. The van der Waals surface area contributed by atoms with Crippen molar-refractivity contribution in [2.45, 2.75) is 18.7 Å². The summed E-state index contributed by atoms with van der Waals surface area (Å²) < 4.78 is 37.2. The Bertz CT molecular complexity index is 831. The van der Waals surface area contributed by atoms with Gasteiger partial charge >= 0.3 is 5.97 Å². The smallest absolute Gasteiger partial charge is 0.326 e. The number of ether oxygens (including phenoxy) is 2. The normalized spacial score (nSPS) is 11.0. The summed E-state index contributed by atoms with van der Waals surface area (Å²) in [5.74, 6) is -0.133. The lowest BCUT2D eigenvalue weighted by Crippen LogP contribution is -2.36. The van der Waals surface area contributed by atoms with Crippen molar-refractivity contribution in [3.05, 3.63) is 54.1 Å². The van der Waals surface area contributed by atoms with E-state index in [0.29, 0.717) is 11.4 Å². The maximum atomic E-state index is 13.1. The van der Waals surface area contributed by atoms with E-state index in [9.17, 15) is 13.2 Å². The Morgan fingerprint density at radius 3 is 2.40 bits per heavy atom. The third-order valence-corrected chi connectivity index (χ3v) is 5.32. The molecule has 0 N–H and O–H groups in total. The summed E-state index contributed by atoms with van der Waals surface area (Å²) in [6.45, 7) is 3.30. The van der Waals surface area contributed by atoms with Crippen LogP contribution in [0, 0.1) is 6.92 Å². The van der Waals surface area contributed by atoms with Gasteiger partial charge in [0.25, 0.3) is 10.0 Å². The first-order valence-electron chi connectivity index (χ1n) is 7.77. The van der Waals surface area contributed by atoms with E-state index in [0.717, 1.165) is 9.87 Å². The minimum absolute atomic E-state index is 0.102. The van der Waals surface area contributed by atoms with Crippen molar-refractivity contribution in [2.24, 2.45) is 0 Å². The topological polar surface area (TPSA) is 72.9 Å². The second-order valence-electron chi connectivity index (χ2n) is 5.33. The number of hydrogen-bond donors (Lipinski definition) is 0. The van der Waals surface area contributed by atoms with Gasteiger partial charge in [-0.3, -0.25) is 9.10 Å². The monoisotopic (exact) mass is 363 g/mol. The molecule has 0 aliphatic carbocycles. The molecule has 0 radical (unpaired) electrons. The van der Waals surface area contributed by atoms with Gasteiger partial charge < -0.3 is 9.47 Å². The number of esters is 1. The van der Waals surface area contributed by atoms with Crippen molar-refractivity contribution in [3.63, 3.8) is 0 Å². The summed E-state index contributed by atoms with van der Waals surface area (Å²) >= 11 is 0. The van der Waals surface area contributed by atoms with E-state index in [2.05, 4.69) is 0 Å². The fourth-order valence-electron chi connectivity index (χ4n) is 2.24. The van der Waals surface area contributed by atoms with E-state index < -0.39 is 22.5 Å². The molecule has 2 aromatic rings. The summed E-state index contributed by atoms with van der Waals surface area (Å²) in [7, 11) is -2.44. The van der Waals surface area contributed by atoms with E-state index in [1.54, 1.807) is 43.3 Å². The summed E-state index contributed by atoms with van der Waals surface area (Å²) in [5.41, 5.74) is 1.27. The lowest BCUT2D eigenvalue weighted by atomic mass is 10.2. The number of carbonyl (C=O) groups excluding carboxylic acids is 1. The maximum absolute atomic E-state index is 13.1. The third-order valence-electron chi connectivity index (χ3n) is 3.53. The first kappa shape index (κ1) is 18.8. The van der Waals surface area contributed by atoms with Crippen molar-refractivity contribution in [1.82, 2.24) is 0 Å². The molecule has 7 heteroatoms. The van der Waals surface area contributed by atoms with Crippen molar-refractivity contribution in [3.8, 4) is 5.75 Å². The molecule has 0 spiro atoms. The molecular formula is C18H21NO5S. The molecule has 0 aliphatic heterocycles. The average Bonchev–Trinajstić information content (AvgIpc) is 2.60. The molecule has 0 atom stereocenters. The zero-order valence-electron chi connectivity index (χ0n) is 14.4. The predicted octanol–water partition coefficient (Wildman–Crippen LogP) is 2.76. The highest BCUT2D eigenvalue weighted by Gasteiger charge is 2.28. The van der Waals surface area contributed by atoms with Crippen LogP contribution in [0.1, 0.15) is 12.5 Å². The van der Waals surface area contributed by atoms with Crippen molar-refractivity contribution in [1.29, 1.82) is 0 Å². The zero-order valence-corrected chi connectivity index (χ0v) is 15.2. The molecule has 2 rings (SSSR count). The fraction of sp³-hybridized carbons (Fsp3) is 0.278. The highest BCUT2D eigenvalue weighted by molar-refractivity contribution is 7.92. The number of hydrogen-bond acceptors (Lipinski definition) is 5. The first-order chi connectivity index (χ1) is 11.9. The molecular weight excluding hydrogens is 342 g/mol. The van der Waals surface area contributed by atoms with E-state index >= 15 is 0 Å². The second-order valence-corrected chi connectivity index (χ2v) is 7.19. The SMILES string of the molecule is CCOC(=O)CN(c1cccc(OC)c1)S(=O)(=O)c1ccc(C)cc1. The fourth-order valence-corrected chi connectivity index (χ4v) is 3.64. The van der Waals surface area contributed by atoms with Crippen molar-refractivity contribution >= 4 is 21.7 Å². The Morgan fingerprint density at radius 1 is 1.12 bits per heavy atom. The van der Waals surface area contributed by atoms with Gasteiger partial charge in [0.15, 0.2) is 0 Å². The number of sulfonamides is 1. The highest BCUT2D eigenvalue weighted by Crippen LogP contribution is 2.27. The van der Waals surface area contributed by atoms with Crippen LogP contribution in [0.4, 0.5) is 5.69 Å². The zero-order chi connectivity index (χ0) is 18.4. The molecule has 0 bridgehead atoms. The number of carbonyl (C=O) groups is 1. The van der Waals surface area contributed by atoms with Gasteiger partial charge in [-0.15, -0.1) is 0 Å². The largest absolute Gasteiger partial charge is 0.497 e. The molecule has 0 saturated carbocycles. The Morgan fingerprint density at radius 2 is 1.80 bits per heavy atom. The van der Waals surface area contributed by atoms with E-state index in [1.165, 1.54) is 19.2 Å². The van der Waals surface area contributed by atoms with Crippen LogP contribution in [0.5, 0.6) is 5.75 Å². The first-order valence-corrected chi connectivity index (χ1v) is 9.21. The molecule has 134 valence electrons. The van der Waals surface area contributed by atoms with Gasteiger partial charge in [0.05, 0.1) is 24.3 Å². The second kappa shape index (κ2) is 8.02. The molecule has 0 saturated heterocycles. The van der Waals surface area contributed by atoms with Crippen LogP contribution in [0.2, 0.25) is 0 Å². The molecule has 0 aliphatic rings. The highest BCUT2D eigenvalue weighted by atomic mass is 32.2. The lowest BCUT2D eigenvalue weighted by Gasteiger charge is -2.24. The Hall–Kier alpha value is -2.54. The maximum Gasteiger partial charge on any atom is 0.326 e. The van der Waals surface area contributed by atoms with Crippen molar-refractivity contribution < 1.29 is 22.7 Å². The van der Waals surface area contributed by atoms with Gasteiger partial charge in [0.1, 0.15) is 12.3 Å². The molecule has 0 aromatic heterocycles. The third kappa shape index (κ3) is 4.51. The van der Waals surface area contributed by atoms with Crippen LogP contribution in [-0.4, -0.2) is 34.6 Å². The number of rotatable bonds is 7. The van der Waals surface area contributed by atoms with E-state index in [4.69, 9.17) is 9.47 Å². The average molecular weight is 363 g/mol. The van der Waals surface area contributed by atoms with E-state index in [1.807, 2.05) is 6.92 Å². The van der Waals surface area contributed by atoms with Gasteiger partial charge in [0.2, 0.25) is 0 Å². The summed E-state index contributed by atoms with van der Waals surface area (Å²) in [6.07, 6.45) is 0. The summed E-state index contributed by atoms with van der Waals surface area (Å²) in [6, 6.07) is 13.0. The molecule has 0 unspecified atom stereocenters. The molecule has 0 heterocycles. The van der Waals surface area contributed by atoms with Crippen LogP contribution in [0.25, 0.3) is 0 Å². The molecule has 0 amide bonds. The van der Waals surface area contributed by atoms with Crippen LogP contribution < -0.4 is 9.04 Å². The van der Waals surface area contributed by atoms with Gasteiger partial charge in [-0.25, -0.2) is 8.42 Å². The molecule has 0 fully saturated rings. The van der Waals surface area contributed by atoms with Crippen LogP contribution in [0.3, 0.4) is 0 Å². The number of anilines is 1. The molecule has 25 heavy (non-hydrogen) atoms.